The Morgan fingerprint density at radius 3 is 2.00 bits per heavy atom. The van der Waals surface area contributed by atoms with Crippen molar-refractivity contribution >= 4 is 11.6 Å². The van der Waals surface area contributed by atoms with Crippen molar-refractivity contribution in [3.05, 3.63) is 95.8 Å². The molecule has 2 N–H and O–H groups in total. The van der Waals surface area contributed by atoms with Gasteiger partial charge < -0.3 is 14.9 Å². The van der Waals surface area contributed by atoms with Gasteiger partial charge in [-0.25, -0.2) is 0 Å². The molecule has 0 heterocycles. The van der Waals surface area contributed by atoms with E-state index in [-0.39, 0.29) is 5.56 Å². The first kappa shape index (κ1) is 29.5. The molecule has 1 aliphatic carbocycles. The van der Waals surface area contributed by atoms with Gasteiger partial charge in [-0.1, -0.05) is 131 Å². The number of ketones is 2. The fourth-order valence-electron chi connectivity index (χ4n) is 4.87. The largest absolute Gasteiger partial charge is 0.494 e. The maximum Gasteiger partial charge on any atom is 0.199 e. The molecule has 204 valence electrons. The van der Waals surface area contributed by atoms with Gasteiger partial charge in [-0.2, -0.15) is 0 Å². The number of benzene rings is 2. The molecule has 3 unspecified atom stereocenters. The molecular weight excluding hydrogens is 476 g/mol. The SMILES string of the molecule is CCCCCCCCCCCCOC1=CC(O)(C(=O)c2ccccc2)C(C(=O)C(O)c2ccccc2)C=C1. The van der Waals surface area contributed by atoms with Gasteiger partial charge >= 0.3 is 0 Å². The highest BCUT2D eigenvalue weighted by molar-refractivity contribution is 6.08. The Morgan fingerprint density at radius 1 is 0.842 bits per heavy atom. The number of ether oxygens (including phenoxy) is 1. The third-order valence-corrected chi connectivity index (χ3v) is 7.15. The Morgan fingerprint density at radius 2 is 1.39 bits per heavy atom. The highest BCUT2D eigenvalue weighted by Crippen LogP contribution is 2.35. The van der Waals surface area contributed by atoms with Gasteiger partial charge in [0.25, 0.3) is 0 Å². The molecule has 3 rings (SSSR count). The predicted molar refractivity (Wildman–Crippen MR) is 151 cm³/mol. The van der Waals surface area contributed by atoms with Crippen LogP contribution in [0.4, 0.5) is 0 Å². The van der Waals surface area contributed by atoms with Crippen molar-refractivity contribution in [3.8, 4) is 0 Å². The average molecular weight is 519 g/mol. The summed E-state index contributed by atoms with van der Waals surface area (Å²) >= 11 is 0. The molecule has 38 heavy (non-hydrogen) atoms. The molecule has 0 radical (unpaired) electrons. The minimum Gasteiger partial charge on any atom is -0.494 e. The van der Waals surface area contributed by atoms with E-state index >= 15 is 0 Å². The van der Waals surface area contributed by atoms with E-state index in [4.69, 9.17) is 4.74 Å². The maximum absolute atomic E-state index is 13.5. The van der Waals surface area contributed by atoms with Crippen LogP contribution in [-0.2, 0) is 9.53 Å². The lowest BCUT2D eigenvalue weighted by atomic mass is 9.74. The van der Waals surface area contributed by atoms with Crippen LogP contribution in [0.2, 0.25) is 0 Å². The number of rotatable bonds is 17. The van der Waals surface area contributed by atoms with Crippen molar-refractivity contribution in [3.63, 3.8) is 0 Å². The Labute approximate surface area is 227 Å². The van der Waals surface area contributed by atoms with Gasteiger partial charge in [0.1, 0.15) is 11.9 Å². The van der Waals surface area contributed by atoms with E-state index in [1.807, 2.05) is 0 Å². The van der Waals surface area contributed by atoms with Gasteiger partial charge in [-0.05, 0) is 24.1 Å². The summed E-state index contributed by atoms with van der Waals surface area (Å²) in [7, 11) is 0. The van der Waals surface area contributed by atoms with Crippen molar-refractivity contribution < 1.29 is 24.5 Å². The Kier molecular flexibility index (Phi) is 12.0. The van der Waals surface area contributed by atoms with E-state index < -0.39 is 29.2 Å². The molecular formula is C33H42O5. The molecule has 2 aromatic carbocycles. The van der Waals surface area contributed by atoms with Gasteiger partial charge in [0.2, 0.25) is 0 Å². The number of aliphatic hydroxyl groups excluding tert-OH is 1. The lowest BCUT2D eigenvalue weighted by molar-refractivity contribution is -0.134. The van der Waals surface area contributed by atoms with E-state index in [0.29, 0.717) is 17.9 Å². The minimum absolute atomic E-state index is 0.280. The molecule has 0 aromatic heterocycles. The highest BCUT2D eigenvalue weighted by atomic mass is 16.5. The summed E-state index contributed by atoms with van der Waals surface area (Å²) in [5, 5.41) is 22.4. The fourth-order valence-corrected chi connectivity index (χ4v) is 4.87. The number of hydrogen-bond donors (Lipinski definition) is 2. The quantitative estimate of drug-likeness (QED) is 0.176. The summed E-state index contributed by atoms with van der Waals surface area (Å²) in [5.74, 6) is -2.16. The van der Waals surface area contributed by atoms with Crippen LogP contribution in [0.15, 0.2) is 84.7 Å². The zero-order valence-corrected chi connectivity index (χ0v) is 22.6. The monoisotopic (exact) mass is 518 g/mol. The van der Waals surface area contributed by atoms with Crippen molar-refractivity contribution in [2.45, 2.75) is 82.8 Å². The first-order valence-corrected chi connectivity index (χ1v) is 14.1. The van der Waals surface area contributed by atoms with Crippen LogP contribution in [0.25, 0.3) is 0 Å². The molecule has 5 heteroatoms. The van der Waals surface area contributed by atoms with E-state index in [2.05, 4.69) is 6.92 Å². The van der Waals surface area contributed by atoms with Crippen LogP contribution in [-0.4, -0.2) is 34.0 Å². The van der Waals surface area contributed by atoms with E-state index in [0.717, 1.165) is 19.3 Å². The molecule has 0 spiro atoms. The summed E-state index contributed by atoms with van der Waals surface area (Å²) in [5.41, 5.74) is -1.48. The Hall–Kier alpha value is -3.02. The summed E-state index contributed by atoms with van der Waals surface area (Å²) in [6, 6.07) is 16.9. The standard InChI is InChI=1S/C33H42O5/c1-2-3-4-5-6-7-8-9-10-17-24-38-28-22-23-29(31(35)30(34)26-18-13-11-14-19-26)33(37,25-28)32(36)27-20-15-12-16-21-27/h11-16,18-23,25,29-30,34,37H,2-10,17,24H2,1H3. The lowest BCUT2D eigenvalue weighted by Gasteiger charge is -2.33. The molecule has 2 aromatic rings. The molecule has 5 nitrogen and oxygen atoms in total. The summed E-state index contributed by atoms with van der Waals surface area (Å²) in [6.45, 7) is 2.70. The molecule has 0 saturated heterocycles. The van der Waals surface area contributed by atoms with Crippen LogP contribution in [0.5, 0.6) is 0 Å². The molecule has 0 amide bonds. The second-order valence-corrected chi connectivity index (χ2v) is 10.2. The van der Waals surface area contributed by atoms with Gasteiger partial charge in [-0.3, -0.25) is 9.59 Å². The first-order chi connectivity index (χ1) is 18.5. The van der Waals surface area contributed by atoms with E-state index in [9.17, 15) is 19.8 Å². The first-order valence-electron chi connectivity index (χ1n) is 14.1. The second kappa shape index (κ2) is 15.4. The number of Topliss-reactive ketones (excluding diaryl/α,β-unsaturated/α-hetero) is 2. The second-order valence-electron chi connectivity index (χ2n) is 10.2. The number of carbonyl (C=O) groups excluding carboxylic acids is 2. The van der Waals surface area contributed by atoms with Crippen molar-refractivity contribution in [2.24, 2.45) is 5.92 Å². The van der Waals surface area contributed by atoms with Crippen LogP contribution in [0.1, 0.15) is 93.2 Å². The van der Waals surface area contributed by atoms with Crippen LogP contribution >= 0.6 is 0 Å². The summed E-state index contributed by atoms with van der Waals surface area (Å²) in [6.07, 6.45) is 15.1. The van der Waals surface area contributed by atoms with Crippen LogP contribution in [0.3, 0.4) is 0 Å². The molecule has 0 aliphatic heterocycles. The molecule has 1 aliphatic rings. The van der Waals surface area contributed by atoms with Crippen molar-refractivity contribution in [1.29, 1.82) is 0 Å². The average Bonchev–Trinajstić information content (AvgIpc) is 2.95. The van der Waals surface area contributed by atoms with E-state index in [1.54, 1.807) is 66.7 Å². The third kappa shape index (κ3) is 8.24. The molecule has 0 bridgehead atoms. The smallest absolute Gasteiger partial charge is 0.199 e. The number of unbranched alkanes of at least 4 members (excludes halogenated alkanes) is 9. The van der Waals surface area contributed by atoms with Crippen molar-refractivity contribution in [1.82, 2.24) is 0 Å². The molecule has 0 fully saturated rings. The van der Waals surface area contributed by atoms with Crippen molar-refractivity contribution in [2.75, 3.05) is 6.61 Å². The van der Waals surface area contributed by atoms with Gasteiger partial charge in [0, 0.05) is 5.56 Å². The summed E-state index contributed by atoms with van der Waals surface area (Å²) in [4.78, 5) is 26.8. The topological polar surface area (TPSA) is 83.8 Å². The number of hydrogen-bond acceptors (Lipinski definition) is 5. The fraction of sp³-hybridized carbons (Fsp3) is 0.455. The Balaban J connectivity index is 1.61. The Bertz CT molecular complexity index is 1060. The molecule has 3 atom stereocenters. The summed E-state index contributed by atoms with van der Waals surface area (Å²) < 4.78 is 5.90. The number of allylic oxidation sites excluding steroid dienone is 1. The number of carbonyl (C=O) groups is 2. The van der Waals surface area contributed by atoms with Crippen LogP contribution in [0, 0.1) is 5.92 Å². The third-order valence-electron chi connectivity index (χ3n) is 7.15. The normalized spacial score (nSPS) is 19.6. The van der Waals surface area contributed by atoms with Gasteiger partial charge in [-0.15, -0.1) is 0 Å². The highest BCUT2D eigenvalue weighted by Gasteiger charge is 2.48. The minimum atomic E-state index is -2.17. The molecule has 0 saturated carbocycles. The maximum atomic E-state index is 13.5. The number of aliphatic hydroxyl groups is 2. The lowest BCUT2D eigenvalue weighted by Crippen LogP contribution is -2.49. The van der Waals surface area contributed by atoms with Crippen LogP contribution < -0.4 is 0 Å². The zero-order valence-electron chi connectivity index (χ0n) is 22.6. The van der Waals surface area contributed by atoms with Gasteiger partial charge in [0.15, 0.2) is 17.2 Å². The van der Waals surface area contributed by atoms with E-state index in [1.165, 1.54) is 57.1 Å². The predicted octanol–water partition coefficient (Wildman–Crippen LogP) is 6.91. The zero-order chi connectivity index (χ0) is 27.2. The van der Waals surface area contributed by atoms with Gasteiger partial charge in [0.05, 0.1) is 12.5 Å².